The van der Waals surface area contributed by atoms with Gasteiger partial charge in [0.25, 0.3) is 0 Å². The van der Waals surface area contributed by atoms with E-state index in [1.165, 1.54) is 19.3 Å². The van der Waals surface area contributed by atoms with E-state index in [2.05, 4.69) is 6.92 Å². The van der Waals surface area contributed by atoms with Crippen LogP contribution in [0.2, 0.25) is 0 Å². The van der Waals surface area contributed by atoms with E-state index in [-0.39, 0.29) is 12.1 Å². The van der Waals surface area contributed by atoms with Gasteiger partial charge in [-0.15, -0.1) is 0 Å². The Kier molecular flexibility index (Phi) is 4.08. The molecular formula is C14H25NO2. The molecule has 0 aromatic carbocycles. The number of esters is 1. The Hall–Kier alpha value is -0.570. The van der Waals surface area contributed by atoms with Crippen molar-refractivity contribution < 1.29 is 9.53 Å². The van der Waals surface area contributed by atoms with E-state index in [0.29, 0.717) is 5.92 Å². The van der Waals surface area contributed by atoms with E-state index in [9.17, 15) is 4.79 Å². The topological polar surface area (TPSA) is 52.3 Å². The lowest BCUT2D eigenvalue weighted by Crippen LogP contribution is -2.48. The molecule has 2 fully saturated rings. The molecule has 0 aromatic rings. The Labute approximate surface area is 104 Å². The molecule has 2 aliphatic carbocycles. The molecule has 2 atom stereocenters. The second-order valence-corrected chi connectivity index (χ2v) is 5.76. The lowest BCUT2D eigenvalue weighted by molar-refractivity contribution is -0.160. The first-order valence-corrected chi connectivity index (χ1v) is 7.15. The van der Waals surface area contributed by atoms with Crippen molar-refractivity contribution in [2.45, 2.75) is 76.4 Å². The van der Waals surface area contributed by atoms with Gasteiger partial charge in [-0.05, 0) is 44.4 Å². The van der Waals surface area contributed by atoms with E-state index in [0.717, 1.165) is 38.5 Å². The number of carbonyl (C=O) groups is 1. The van der Waals surface area contributed by atoms with Gasteiger partial charge < -0.3 is 10.5 Å². The molecule has 0 saturated heterocycles. The van der Waals surface area contributed by atoms with Gasteiger partial charge in [0, 0.05) is 0 Å². The molecule has 0 heterocycles. The average Bonchev–Trinajstić information content (AvgIpc) is 2.78. The number of rotatable bonds is 3. The van der Waals surface area contributed by atoms with Crippen molar-refractivity contribution in [3.63, 3.8) is 0 Å². The highest BCUT2D eigenvalue weighted by atomic mass is 16.5. The summed E-state index contributed by atoms with van der Waals surface area (Å²) in [7, 11) is 0. The molecule has 0 bridgehead atoms. The van der Waals surface area contributed by atoms with Gasteiger partial charge in [-0.1, -0.05) is 26.2 Å². The summed E-state index contributed by atoms with van der Waals surface area (Å²) >= 11 is 0. The van der Waals surface area contributed by atoms with E-state index in [4.69, 9.17) is 10.5 Å². The van der Waals surface area contributed by atoms with Crippen LogP contribution in [0.15, 0.2) is 0 Å². The molecule has 2 aliphatic rings. The third-order valence-electron chi connectivity index (χ3n) is 4.52. The lowest BCUT2D eigenvalue weighted by Gasteiger charge is -2.33. The second kappa shape index (κ2) is 5.38. The molecule has 0 radical (unpaired) electrons. The molecule has 0 amide bonds. The minimum atomic E-state index is -0.671. The molecule has 2 unspecified atom stereocenters. The minimum Gasteiger partial charge on any atom is -0.461 e. The van der Waals surface area contributed by atoms with Gasteiger partial charge in [0.05, 0.1) is 0 Å². The average molecular weight is 239 g/mol. The summed E-state index contributed by atoms with van der Waals surface area (Å²) < 4.78 is 5.72. The maximum Gasteiger partial charge on any atom is 0.326 e. The second-order valence-electron chi connectivity index (χ2n) is 5.76. The standard InChI is InChI=1S/C14H25NO2/c1-2-11-7-3-4-8-12(11)17-13(16)14(15)9-5-6-10-14/h11-12H,2-10,15H2,1H3. The van der Waals surface area contributed by atoms with Gasteiger partial charge in [0.1, 0.15) is 11.6 Å². The molecule has 2 N–H and O–H groups in total. The zero-order valence-corrected chi connectivity index (χ0v) is 10.9. The van der Waals surface area contributed by atoms with Crippen molar-refractivity contribution in [2.75, 3.05) is 0 Å². The zero-order valence-electron chi connectivity index (χ0n) is 10.9. The summed E-state index contributed by atoms with van der Waals surface area (Å²) in [5.74, 6) is 0.415. The van der Waals surface area contributed by atoms with Crippen molar-refractivity contribution in [2.24, 2.45) is 11.7 Å². The summed E-state index contributed by atoms with van der Waals surface area (Å²) in [4.78, 5) is 12.1. The van der Waals surface area contributed by atoms with E-state index in [1.807, 2.05) is 0 Å². The van der Waals surface area contributed by atoms with Crippen LogP contribution in [-0.4, -0.2) is 17.6 Å². The third-order valence-corrected chi connectivity index (χ3v) is 4.52. The van der Waals surface area contributed by atoms with Crippen molar-refractivity contribution >= 4 is 5.97 Å². The molecule has 0 aliphatic heterocycles. The molecule has 3 nitrogen and oxygen atoms in total. The van der Waals surface area contributed by atoms with Crippen molar-refractivity contribution in [3.8, 4) is 0 Å². The predicted octanol–water partition coefficient (Wildman–Crippen LogP) is 2.77. The highest BCUT2D eigenvalue weighted by molar-refractivity contribution is 5.81. The summed E-state index contributed by atoms with van der Waals surface area (Å²) in [6.45, 7) is 2.19. The maximum atomic E-state index is 12.1. The van der Waals surface area contributed by atoms with Crippen LogP contribution in [0.4, 0.5) is 0 Å². The largest absolute Gasteiger partial charge is 0.461 e. The molecule has 3 heteroatoms. The van der Waals surface area contributed by atoms with Crippen LogP contribution in [0.5, 0.6) is 0 Å². The van der Waals surface area contributed by atoms with Crippen LogP contribution in [0.1, 0.15) is 64.7 Å². The van der Waals surface area contributed by atoms with E-state index in [1.54, 1.807) is 0 Å². The Bertz CT molecular complexity index is 271. The smallest absolute Gasteiger partial charge is 0.326 e. The van der Waals surface area contributed by atoms with Gasteiger partial charge >= 0.3 is 5.97 Å². The summed E-state index contributed by atoms with van der Waals surface area (Å²) in [6.07, 6.45) is 9.65. The van der Waals surface area contributed by atoms with Crippen molar-refractivity contribution in [3.05, 3.63) is 0 Å². The Morgan fingerprint density at radius 2 is 1.88 bits per heavy atom. The Balaban J connectivity index is 1.92. The van der Waals surface area contributed by atoms with Crippen LogP contribution in [0.3, 0.4) is 0 Å². The fourth-order valence-corrected chi connectivity index (χ4v) is 3.26. The Morgan fingerprint density at radius 3 is 2.53 bits per heavy atom. The van der Waals surface area contributed by atoms with Crippen LogP contribution in [0.25, 0.3) is 0 Å². The first kappa shape index (κ1) is 12.9. The lowest BCUT2D eigenvalue weighted by atomic mass is 9.84. The summed E-state index contributed by atoms with van der Waals surface area (Å²) in [5, 5.41) is 0. The van der Waals surface area contributed by atoms with E-state index >= 15 is 0 Å². The SMILES string of the molecule is CCC1CCCCC1OC(=O)C1(N)CCCC1. The zero-order chi connectivity index (χ0) is 12.3. The van der Waals surface area contributed by atoms with E-state index < -0.39 is 5.54 Å². The fraction of sp³-hybridized carbons (Fsp3) is 0.929. The summed E-state index contributed by atoms with van der Waals surface area (Å²) in [5.41, 5.74) is 5.46. The number of carbonyl (C=O) groups excluding carboxylic acids is 1. The molecule has 0 spiro atoms. The number of ether oxygens (including phenoxy) is 1. The van der Waals surface area contributed by atoms with Gasteiger partial charge in [0.2, 0.25) is 0 Å². The highest BCUT2D eigenvalue weighted by Gasteiger charge is 2.40. The van der Waals surface area contributed by atoms with Crippen LogP contribution in [0, 0.1) is 5.92 Å². The molecule has 2 rings (SSSR count). The number of nitrogens with two attached hydrogens (primary N) is 1. The third kappa shape index (κ3) is 2.82. The van der Waals surface area contributed by atoms with Gasteiger partial charge in [-0.2, -0.15) is 0 Å². The first-order chi connectivity index (χ1) is 8.15. The van der Waals surface area contributed by atoms with Gasteiger partial charge in [-0.25, -0.2) is 0 Å². The molecule has 17 heavy (non-hydrogen) atoms. The Morgan fingerprint density at radius 1 is 1.24 bits per heavy atom. The minimum absolute atomic E-state index is 0.127. The predicted molar refractivity (Wildman–Crippen MR) is 67.5 cm³/mol. The van der Waals surface area contributed by atoms with Crippen LogP contribution < -0.4 is 5.73 Å². The highest BCUT2D eigenvalue weighted by Crippen LogP contribution is 2.33. The van der Waals surface area contributed by atoms with Gasteiger partial charge in [0.15, 0.2) is 0 Å². The first-order valence-electron chi connectivity index (χ1n) is 7.15. The van der Waals surface area contributed by atoms with Crippen LogP contribution >= 0.6 is 0 Å². The molecule has 98 valence electrons. The maximum absolute atomic E-state index is 12.1. The normalized spacial score (nSPS) is 32.4. The summed E-state index contributed by atoms with van der Waals surface area (Å²) in [6, 6.07) is 0. The molecular weight excluding hydrogens is 214 g/mol. The number of hydrogen-bond acceptors (Lipinski definition) is 3. The van der Waals surface area contributed by atoms with Gasteiger partial charge in [-0.3, -0.25) is 4.79 Å². The molecule has 0 aromatic heterocycles. The quantitative estimate of drug-likeness (QED) is 0.770. The van der Waals surface area contributed by atoms with Crippen LogP contribution in [-0.2, 0) is 9.53 Å². The fourth-order valence-electron chi connectivity index (χ4n) is 3.26. The number of hydrogen-bond donors (Lipinski definition) is 1. The van der Waals surface area contributed by atoms with Crippen molar-refractivity contribution in [1.29, 1.82) is 0 Å². The monoisotopic (exact) mass is 239 g/mol. The molecule has 2 saturated carbocycles. The van der Waals surface area contributed by atoms with Crippen molar-refractivity contribution in [1.82, 2.24) is 0 Å².